The molecule has 286 valence electrons. The highest BCUT2D eigenvalue weighted by molar-refractivity contribution is 6.20. The maximum atomic E-state index is 6.65. The van der Waals surface area contributed by atoms with Gasteiger partial charge in [-0.3, -0.25) is 4.99 Å². The summed E-state index contributed by atoms with van der Waals surface area (Å²) >= 11 is 0. The summed E-state index contributed by atoms with van der Waals surface area (Å²) < 4.78 is 6.65. The van der Waals surface area contributed by atoms with Gasteiger partial charge in [-0.15, -0.1) is 0 Å². The molecule has 2 nitrogen and oxygen atoms in total. The van der Waals surface area contributed by atoms with Crippen molar-refractivity contribution in [3.05, 3.63) is 216 Å². The average molecular weight is 770 g/mol. The van der Waals surface area contributed by atoms with Gasteiger partial charge in [0.15, 0.2) is 0 Å². The summed E-state index contributed by atoms with van der Waals surface area (Å²) in [7, 11) is 0. The van der Waals surface area contributed by atoms with Crippen LogP contribution in [0.3, 0.4) is 0 Å². The van der Waals surface area contributed by atoms with E-state index in [0.717, 1.165) is 62.0 Å². The normalized spacial score (nSPS) is 18.2. The first-order valence-corrected chi connectivity index (χ1v) is 21.0. The zero-order chi connectivity index (χ0) is 40.3. The van der Waals surface area contributed by atoms with Crippen LogP contribution in [0.1, 0.15) is 43.9 Å². The fourth-order valence-electron chi connectivity index (χ4n) is 9.53. The Morgan fingerprint density at radius 2 is 1.05 bits per heavy atom. The van der Waals surface area contributed by atoms with Gasteiger partial charge < -0.3 is 4.42 Å². The van der Waals surface area contributed by atoms with Gasteiger partial charge in [0.1, 0.15) is 11.2 Å². The van der Waals surface area contributed by atoms with Gasteiger partial charge in [-0.2, -0.15) is 0 Å². The van der Waals surface area contributed by atoms with Gasteiger partial charge in [0, 0.05) is 27.8 Å². The van der Waals surface area contributed by atoms with Gasteiger partial charge in [-0.05, 0) is 122 Å². The zero-order valence-corrected chi connectivity index (χ0v) is 34.0. The predicted octanol–water partition coefficient (Wildman–Crippen LogP) is 16.1. The lowest BCUT2D eigenvalue weighted by Gasteiger charge is -2.26. The Bertz CT molecular complexity index is 3430. The van der Waals surface area contributed by atoms with E-state index in [1.54, 1.807) is 0 Å². The van der Waals surface area contributed by atoms with Crippen LogP contribution in [0.5, 0.6) is 0 Å². The molecule has 9 aromatic carbocycles. The van der Waals surface area contributed by atoms with Crippen molar-refractivity contribution < 1.29 is 4.42 Å². The monoisotopic (exact) mass is 769 g/mol. The third-order valence-corrected chi connectivity index (χ3v) is 12.8. The molecular weight excluding hydrogens is 727 g/mol. The Labute approximate surface area is 350 Å². The van der Waals surface area contributed by atoms with Crippen molar-refractivity contribution in [1.29, 1.82) is 0 Å². The molecule has 0 saturated heterocycles. The summed E-state index contributed by atoms with van der Waals surface area (Å²) in [5.41, 5.74) is 16.1. The molecule has 1 unspecified atom stereocenters. The fraction of sp³-hybridized carbons (Fsp3) is 0.0862. The first kappa shape index (κ1) is 35.8. The second kappa shape index (κ2) is 14.5. The van der Waals surface area contributed by atoms with Gasteiger partial charge in [-0.1, -0.05) is 170 Å². The largest absolute Gasteiger partial charge is 0.456 e. The molecule has 0 saturated carbocycles. The maximum Gasteiger partial charge on any atom is 0.136 e. The SMILES string of the molecule is C/C1=C(c2ccc3ccccc3c2)/N=C(/c2ccc(-c3cccc4oc5cc(-c6ccc7ccccc7c6)ccc5c34)c3ccccc23)C(C)/C(C)=C(/c2ccccc2)C1. The van der Waals surface area contributed by atoms with Crippen LogP contribution in [-0.4, -0.2) is 5.71 Å². The summed E-state index contributed by atoms with van der Waals surface area (Å²) in [5, 5.41) is 9.56. The molecule has 1 aliphatic heterocycles. The minimum absolute atomic E-state index is 0.0658. The van der Waals surface area contributed by atoms with Gasteiger partial charge in [0.2, 0.25) is 0 Å². The average Bonchev–Trinajstić information content (AvgIpc) is 3.68. The highest BCUT2D eigenvalue weighted by atomic mass is 16.3. The standard InChI is InChI=1S/C58H43NO/c1-36-32-53(41-16-5-4-6-17-41)37(2)38(3)58(59-57(36)46-27-25-40-15-8-10-19-43(40)34-46)51-31-30-49(47-20-11-12-21-48(47)51)50-22-13-23-54-56(50)52-29-28-45(35-55(52)60-54)44-26-24-39-14-7-9-18-42(39)33-44/h4-31,33-35,38H,32H2,1-3H3/b53-37+,57-36-,59-58+. The van der Waals surface area contributed by atoms with Crippen LogP contribution in [0, 0.1) is 5.92 Å². The lowest BCUT2D eigenvalue weighted by Crippen LogP contribution is -2.18. The second-order valence-electron chi connectivity index (χ2n) is 16.4. The lowest BCUT2D eigenvalue weighted by atomic mass is 9.81. The summed E-state index contributed by atoms with van der Waals surface area (Å²) in [6, 6.07) is 68.1. The number of furan rings is 1. The maximum absolute atomic E-state index is 6.65. The number of aliphatic imine (C=N–C) groups is 1. The van der Waals surface area contributed by atoms with Gasteiger partial charge in [0.05, 0.1) is 11.4 Å². The summed E-state index contributed by atoms with van der Waals surface area (Å²) in [6.45, 7) is 6.91. The van der Waals surface area contributed by atoms with E-state index < -0.39 is 0 Å². The summed E-state index contributed by atoms with van der Waals surface area (Å²) in [5.74, 6) is 0.0658. The number of nitrogens with zero attached hydrogens (tertiary/aromatic N) is 1. The fourth-order valence-corrected chi connectivity index (χ4v) is 9.53. The van der Waals surface area contributed by atoms with Crippen LogP contribution in [0.2, 0.25) is 0 Å². The van der Waals surface area contributed by atoms with Crippen LogP contribution in [0.25, 0.3) is 87.8 Å². The number of hydrogen-bond donors (Lipinski definition) is 0. The number of fused-ring (bicyclic) bond motifs is 6. The first-order chi connectivity index (χ1) is 29.5. The van der Waals surface area contributed by atoms with E-state index in [0.29, 0.717) is 0 Å². The van der Waals surface area contributed by atoms with Crippen molar-refractivity contribution in [1.82, 2.24) is 0 Å². The van der Waals surface area contributed by atoms with E-state index in [9.17, 15) is 0 Å². The third-order valence-electron chi connectivity index (χ3n) is 12.8. The van der Waals surface area contributed by atoms with Gasteiger partial charge in [-0.25, -0.2) is 0 Å². The molecule has 2 heterocycles. The van der Waals surface area contributed by atoms with Crippen molar-refractivity contribution in [2.24, 2.45) is 10.9 Å². The highest BCUT2D eigenvalue weighted by Crippen LogP contribution is 2.43. The summed E-state index contributed by atoms with van der Waals surface area (Å²) in [6.07, 6.45) is 0.839. The highest BCUT2D eigenvalue weighted by Gasteiger charge is 2.26. The molecule has 1 atom stereocenters. The Hall–Kier alpha value is -7.29. The molecule has 0 spiro atoms. The van der Waals surface area contributed by atoms with Crippen molar-refractivity contribution in [3.63, 3.8) is 0 Å². The van der Waals surface area contributed by atoms with Crippen molar-refractivity contribution >= 4 is 71.2 Å². The molecule has 0 aliphatic carbocycles. The van der Waals surface area contributed by atoms with Gasteiger partial charge >= 0.3 is 0 Å². The van der Waals surface area contributed by atoms with Crippen LogP contribution < -0.4 is 0 Å². The van der Waals surface area contributed by atoms with Crippen LogP contribution in [0.15, 0.2) is 209 Å². The van der Waals surface area contributed by atoms with Crippen molar-refractivity contribution in [2.75, 3.05) is 0 Å². The molecule has 0 bridgehead atoms. The third kappa shape index (κ3) is 6.07. The van der Waals surface area contributed by atoms with E-state index in [1.165, 1.54) is 65.7 Å². The van der Waals surface area contributed by atoms with Crippen LogP contribution in [0.4, 0.5) is 0 Å². The lowest BCUT2D eigenvalue weighted by molar-refractivity contribution is 0.669. The molecule has 1 aromatic heterocycles. The van der Waals surface area contributed by atoms with E-state index in [2.05, 4.69) is 209 Å². The molecule has 0 N–H and O–H groups in total. The molecule has 10 aromatic rings. The number of rotatable bonds is 5. The van der Waals surface area contributed by atoms with E-state index in [-0.39, 0.29) is 5.92 Å². The number of allylic oxidation sites excluding steroid dienone is 3. The molecule has 0 fully saturated rings. The minimum atomic E-state index is 0.0658. The molecule has 1 aliphatic rings. The topological polar surface area (TPSA) is 25.5 Å². The van der Waals surface area contributed by atoms with Crippen LogP contribution >= 0.6 is 0 Å². The zero-order valence-electron chi connectivity index (χ0n) is 34.0. The Kier molecular flexibility index (Phi) is 8.67. The smallest absolute Gasteiger partial charge is 0.136 e. The number of benzene rings is 9. The molecular formula is C58H43NO. The van der Waals surface area contributed by atoms with E-state index >= 15 is 0 Å². The molecule has 0 radical (unpaired) electrons. The van der Waals surface area contributed by atoms with Crippen molar-refractivity contribution in [2.45, 2.75) is 27.2 Å². The molecule has 2 heteroatoms. The Balaban J connectivity index is 1.08. The molecule has 11 rings (SSSR count). The Morgan fingerprint density at radius 3 is 1.80 bits per heavy atom. The van der Waals surface area contributed by atoms with E-state index in [1.807, 2.05) is 0 Å². The quantitative estimate of drug-likeness (QED) is 0.171. The van der Waals surface area contributed by atoms with E-state index in [4.69, 9.17) is 9.41 Å². The minimum Gasteiger partial charge on any atom is -0.456 e. The number of hydrogen-bond acceptors (Lipinski definition) is 2. The molecule has 0 amide bonds. The second-order valence-corrected chi connectivity index (χ2v) is 16.4. The van der Waals surface area contributed by atoms with Crippen molar-refractivity contribution in [3.8, 4) is 22.3 Å². The van der Waals surface area contributed by atoms with Crippen LogP contribution in [-0.2, 0) is 0 Å². The predicted molar refractivity (Wildman–Crippen MR) is 255 cm³/mol. The Morgan fingerprint density at radius 1 is 0.450 bits per heavy atom. The van der Waals surface area contributed by atoms with Gasteiger partial charge in [0.25, 0.3) is 0 Å². The first-order valence-electron chi connectivity index (χ1n) is 21.0. The summed E-state index contributed by atoms with van der Waals surface area (Å²) in [4.78, 5) is 5.76. The molecule has 60 heavy (non-hydrogen) atoms.